The molecule has 0 aliphatic carbocycles. The standard InChI is InChI=1S/C12H20N4O3S/c1-6(2)11(12(14)17)16-9-4-8(13)5-10(7(9)3)20(15,18)19/h4-6,11,16H,13H2,1-3H3,(H2,14,17)(H2,15,18,19). The molecule has 1 atom stereocenters. The monoisotopic (exact) mass is 300 g/mol. The maximum Gasteiger partial charge on any atom is 0.240 e. The Kier molecular flexibility index (Phi) is 4.61. The van der Waals surface area contributed by atoms with E-state index in [4.69, 9.17) is 16.6 Å². The summed E-state index contributed by atoms with van der Waals surface area (Å²) in [6, 6.07) is 2.19. The van der Waals surface area contributed by atoms with Gasteiger partial charge in [-0.05, 0) is 30.5 Å². The molecule has 7 N–H and O–H groups in total. The molecule has 1 unspecified atom stereocenters. The van der Waals surface area contributed by atoms with Crippen LogP contribution in [0.25, 0.3) is 0 Å². The lowest BCUT2D eigenvalue weighted by molar-refractivity contribution is -0.119. The summed E-state index contributed by atoms with van der Waals surface area (Å²) >= 11 is 0. The molecule has 1 rings (SSSR count). The fourth-order valence-corrected chi connectivity index (χ4v) is 2.73. The Hall–Kier alpha value is -1.80. The zero-order valence-corrected chi connectivity index (χ0v) is 12.5. The number of carbonyl (C=O) groups excluding carboxylic acids is 1. The summed E-state index contributed by atoms with van der Waals surface area (Å²) in [6.07, 6.45) is 0. The third-order valence-corrected chi connectivity index (χ3v) is 4.01. The van der Waals surface area contributed by atoms with Crippen molar-refractivity contribution >= 4 is 27.3 Å². The molecule has 0 aliphatic rings. The van der Waals surface area contributed by atoms with Gasteiger partial charge in [0.25, 0.3) is 0 Å². The van der Waals surface area contributed by atoms with Gasteiger partial charge in [0.2, 0.25) is 15.9 Å². The molecule has 0 bridgehead atoms. The number of nitrogens with one attached hydrogen (secondary N) is 1. The molecule has 0 aromatic heterocycles. The first-order valence-corrected chi connectivity index (χ1v) is 7.57. The molecular weight excluding hydrogens is 280 g/mol. The first-order chi connectivity index (χ1) is 9.04. The van der Waals surface area contributed by atoms with Crippen LogP contribution in [0.3, 0.4) is 0 Å². The lowest BCUT2D eigenvalue weighted by Crippen LogP contribution is -2.39. The number of primary sulfonamides is 1. The minimum atomic E-state index is -3.89. The molecule has 0 spiro atoms. The number of sulfonamides is 1. The third kappa shape index (κ3) is 3.61. The van der Waals surface area contributed by atoms with E-state index >= 15 is 0 Å². The first kappa shape index (κ1) is 16.3. The number of primary amides is 1. The molecule has 0 heterocycles. The van der Waals surface area contributed by atoms with Gasteiger partial charge in [0.1, 0.15) is 6.04 Å². The van der Waals surface area contributed by atoms with Gasteiger partial charge in [-0.25, -0.2) is 13.6 Å². The number of anilines is 2. The third-order valence-electron chi connectivity index (χ3n) is 2.97. The van der Waals surface area contributed by atoms with Crippen molar-refractivity contribution in [2.24, 2.45) is 16.8 Å². The second-order valence-electron chi connectivity index (χ2n) is 5.01. The van der Waals surface area contributed by atoms with E-state index in [1.165, 1.54) is 6.07 Å². The van der Waals surface area contributed by atoms with Gasteiger partial charge >= 0.3 is 0 Å². The molecule has 112 valence electrons. The van der Waals surface area contributed by atoms with Gasteiger partial charge in [-0.2, -0.15) is 0 Å². The van der Waals surface area contributed by atoms with Crippen LogP contribution in [0.4, 0.5) is 11.4 Å². The second-order valence-corrected chi connectivity index (χ2v) is 6.53. The lowest BCUT2D eigenvalue weighted by atomic mass is 10.0. The summed E-state index contributed by atoms with van der Waals surface area (Å²) in [5, 5.41) is 8.07. The maximum atomic E-state index is 11.5. The van der Waals surface area contributed by atoms with Gasteiger partial charge in [0.15, 0.2) is 0 Å². The van der Waals surface area contributed by atoms with Crippen molar-refractivity contribution in [2.75, 3.05) is 11.1 Å². The van der Waals surface area contributed by atoms with Crippen LogP contribution in [0, 0.1) is 12.8 Å². The largest absolute Gasteiger partial charge is 0.399 e. The number of hydrogen-bond acceptors (Lipinski definition) is 5. The Morgan fingerprint density at radius 1 is 1.30 bits per heavy atom. The van der Waals surface area contributed by atoms with E-state index in [1.807, 2.05) is 13.8 Å². The lowest BCUT2D eigenvalue weighted by Gasteiger charge is -2.22. The van der Waals surface area contributed by atoms with Crippen molar-refractivity contribution in [2.45, 2.75) is 31.7 Å². The minimum Gasteiger partial charge on any atom is -0.399 e. The van der Waals surface area contributed by atoms with Crippen molar-refractivity contribution in [3.8, 4) is 0 Å². The normalized spacial score (nSPS) is 13.2. The van der Waals surface area contributed by atoms with Gasteiger partial charge in [0, 0.05) is 11.4 Å². The molecule has 0 radical (unpaired) electrons. The number of hydrogen-bond donors (Lipinski definition) is 4. The van der Waals surface area contributed by atoms with Gasteiger partial charge < -0.3 is 16.8 Å². The summed E-state index contributed by atoms with van der Waals surface area (Å²) in [5.41, 5.74) is 12.0. The van der Waals surface area contributed by atoms with Crippen LogP contribution >= 0.6 is 0 Å². The second kappa shape index (κ2) is 5.68. The number of amides is 1. The molecule has 1 aromatic carbocycles. The SMILES string of the molecule is Cc1c(NC(C(N)=O)C(C)C)cc(N)cc1S(N)(=O)=O. The van der Waals surface area contributed by atoms with E-state index in [0.717, 1.165) is 0 Å². The average molecular weight is 300 g/mol. The molecule has 0 fully saturated rings. The van der Waals surface area contributed by atoms with Crippen molar-refractivity contribution < 1.29 is 13.2 Å². The highest BCUT2D eigenvalue weighted by Crippen LogP contribution is 2.27. The minimum absolute atomic E-state index is 0.0636. The Labute approximate surface area is 118 Å². The van der Waals surface area contributed by atoms with Crippen LogP contribution < -0.4 is 21.9 Å². The molecule has 1 aromatic rings. The van der Waals surface area contributed by atoms with E-state index in [2.05, 4.69) is 5.32 Å². The highest BCUT2D eigenvalue weighted by Gasteiger charge is 2.22. The Balaban J connectivity index is 3.33. The van der Waals surface area contributed by atoms with E-state index in [0.29, 0.717) is 11.3 Å². The molecular formula is C12H20N4O3S. The number of rotatable bonds is 5. The van der Waals surface area contributed by atoms with Crippen LogP contribution in [0.15, 0.2) is 17.0 Å². The first-order valence-electron chi connectivity index (χ1n) is 6.02. The Morgan fingerprint density at radius 3 is 2.25 bits per heavy atom. The van der Waals surface area contributed by atoms with E-state index < -0.39 is 22.0 Å². The van der Waals surface area contributed by atoms with Crippen LogP contribution in [-0.2, 0) is 14.8 Å². The van der Waals surface area contributed by atoms with Gasteiger partial charge in [-0.15, -0.1) is 0 Å². The molecule has 0 saturated carbocycles. The smallest absolute Gasteiger partial charge is 0.240 e. The molecule has 7 nitrogen and oxygen atoms in total. The fourth-order valence-electron chi connectivity index (χ4n) is 1.89. The molecule has 20 heavy (non-hydrogen) atoms. The van der Waals surface area contributed by atoms with E-state index in [9.17, 15) is 13.2 Å². The van der Waals surface area contributed by atoms with Crippen LogP contribution in [0.1, 0.15) is 19.4 Å². The topological polar surface area (TPSA) is 141 Å². The summed E-state index contributed by atoms with van der Waals surface area (Å²) in [6.45, 7) is 5.23. The van der Waals surface area contributed by atoms with E-state index in [1.54, 1.807) is 13.0 Å². The average Bonchev–Trinajstić information content (AvgIpc) is 2.27. The summed E-state index contributed by atoms with van der Waals surface area (Å²) in [7, 11) is -3.89. The number of nitrogens with two attached hydrogens (primary N) is 3. The van der Waals surface area contributed by atoms with Gasteiger partial charge in [-0.3, -0.25) is 4.79 Å². The number of carbonyl (C=O) groups is 1. The quantitative estimate of drug-likeness (QED) is 0.572. The van der Waals surface area contributed by atoms with Crippen LogP contribution in [0.5, 0.6) is 0 Å². The number of benzene rings is 1. The molecule has 8 heteroatoms. The fraction of sp³-hybridized carbons (Fsp3) is 0.417. The van der Waals surface area contributed by atoms with Crippen LogP contribution in [0.2, 0.25) is 0 Å². The van der Waals surface area contributed by atoms with Gasteiger partial charge in [-0.1, -0.05) is 13.8 Å². The summed E-state index contributed by atoms with van der Waals surface area (Å²) < 4.78 is 23.0. The van der Waals surface area contributed by atoms with Crippen molar-refractivity contribution in [3.63, 3.8) is 0 Å². The zero-order valence-electron chi connectivity index (χ0n) is 11.7. The van der Waals surface area contributed by atoms with Crippen LogP contribution in [-0.4, -0.2) is 20.4 Å². The highest BCUT2D eigenvalue weighted by molar-refractivity contribution is 7.89. The Bertz CT molecular complexity index is 626. The predicted molar refractivity (Wildman–Crippen MR) is 78.4 cm³/mol. The Morgan fingerprint density at radius 2 is 1.85 bits per heavy atom. The van der Waals surface area contributed by atoms with E-state index in [-0.39, 0.29) is 16.5 Å². The van der Waals surface area contributed by atoms with Crippen molar-refractivity contribution in [1.29, 1.82) is 0 Å². The van der Waals surface area contributed by atoms with Crippen molar-refractivity contribution in [3.05, 3.63) is 17.7 Å². The maximum absolute atomic E-state index is 11.5. The zero-order chi connectivity index (χ0) is 15.7. The highest BCUT2D eigenvalue weighted by atomic mass is 32.2. The molecule has 1 amide bonds. The molecule has 0 aliphatic heterocycles. The van der Waals surface area contributed by atoms with Gasteiger partial charge in [0.05, 0.1) is 4.90 Å². The van der Waals surface area contributed by atoms with Crippen molar-refractivity contribution in [1.82, 2.24) is 0 Å². The molecule has 0 saturated heterocycles. The summed E-state index contributed by atoms with van der Waals surface area (Å²) in [5.74, 6) is -0.592. The predicted octanol–water partition coefficient (Wildman–Crippen LogP) is 0.146. The summed E-state index contributed by atoms with van der Waals surface area (Å²) in [4.78, 5) is 11.3. The number of nitrogen functional groups attached to an aromatic ring is 1.